The normalized spacial score (nSPS) is 22.6. The van der Waals surface area contributed by atoms with Crippen LogP contribution in [0.4, 0.5) is 8.78 Å². The molecule has 1 saturated carbocycles. The molecular weight excluding hydrogens is 280 g/mol. The molecule has 0 amide bonds. The minimum Gasteiger partial charge on any atom is -0.324 e. The molecule has 3 rings (SSSR count). The molecule has 4 heteroatoms. The van der Waals surface area contributed by atoms with Gasteiger partial charge in [0.25, 0.3) is 0 Å². The van der Waals surface area contributed by atoms with Gasteiger partial charge < -0.3 is 5.73 Å². The van der Waals surface area contributed by atoms with Gasteiger partial charge in [0.1, 0.15) is 11.6 Å². The molecule has 20 heavy (non-hydrogen) atoms. The zero-order chi connectivity index (χ0) is 14.3. The van der Waals surface area contributed by atoms with Crippen LogP contribution < -0.4 is 5.73 Å². The fourth-order valence-electron chi connectivity index (χ4n) is 2.72. The number of rotatable bonds is 3. The zero-order valence-electron chi connectivity index (χ0n) is 10.7. The van der Waals surface area contributed by atoms with Crippen LogP contribution in [0.15, 0.2) is 42.5 Å². The molecule has 0 saturated heterocycles. The molecule has 0 aromatic heterocycles. The highest BCUT2D eigenvalue weighted by Gasteiger charge is 2.43. The molecule has 3 atom stereocenters. The highest BCUT2D eigenvalue weighted by molar-refractivity contribution is 6.30. The maximum absolute atomic E-state index is 13.9. The lowest BCUT2D eigenvalue weighted by molar-refractivity contribution is 0.534. The third kappa shape index (κ3) is 2.43. The Morgan fingerprint density at radius 1 is 1.10 bits per heavy atom. The molecule has 1 nitrogen and oxygen atoms in total. The zero-order valence-corrected chi connectivity index (χ0v) is 11.4. The number of hydrogen-bond acceptors (Lipinski definition) is 1. The van der Waals surface area contributed by atoms with E-state index in [1.165, 1.54) is 5.56 Å². The molecule has 104 valence electrons. The topological polar surface area (TPSA) is 26.0 Å². The Morgan fingerprint density at radius 2 is 1.80 bits per heavy atom. The van der Waals surface area contributed by atoms with Gasteiger partial charge in [0.2, 0.25) is 0 Å². The van der Waals surface area contributed by atoms with E-state index in [0.29, 0.717) is 5.92 Å². The van der Waals surface area contributed by atoms with Crippen molar-refractivity contribution in [2.45, 2.75) is 18.4 Å². The maximum Gasteiger partial charge on any atom is 0.142 e. The molecule has 0 heterocycles. The van der Waals surface area contributed by atoms with E-state index in [9.17, 15) is 8.78 Å². The Balaban J connectivity index is 1.82. The van der Waals surface area contributed by atoms with Crippen LogP contribution in [0.5, 0.6) is 0 Å². The van der Waals surface area contributed by atoms with Crippen LogP contribution in [-0.4, -0.2) is 0 Å². The van der Waals surface area contributed by atoms with E-state index < -0.39 is 17.7 Å². The summed E-state index contributed by atoms with van der Waals surface area (Å²) in [7, 11) is 0. The molecule has 0 radical (unpaired) electrons. The van der Waals surface area contributed by atoms with E-state index in [1.54, 1.807) is 0 Å². The van der Waals surface area contributed by atoms with Gasteiger partial charge in [-0.15, -0.1) is 0 Å². The molecule has 0 aliphatic heterocycles. The molecule has 1 aliphatic rings. The van der Waals surface area contributed by atoms with Crippen molar-refractivity contribution in [2.24, 2.45) is 11.7 Å². The van der Waals surface area contributed by atoms with E-state index in [-0.39, 0.29) is 16.5 Å². The van der Waals surface area contributed by atoms with Crippen molar-refractivity contribution in [1.29, 1.82) is 0 Å². The van der Waals surface area contributed by atoms with Crippen LogP contribution in [0.25, 0.3) is 0 Å². The van der Waals surface area contributed by atoms with Crippen LogP contribution in [0.3, 0.4) is 0 Å². The summed E-state index contributed by atoms with van der Waals surface area (Å²) in [5, 5.41) is -0.214. The van der Waals surface area contributed by atoms with Crippen LogP contribution in [0.1, 0.15) is 29.5 Å². The van der Waals surface area contributed by atoms with E-state index >= 15 is 0 Å². The SMILES string of the molecule is NC(c1cc(F)c(Cl)cc1F)C1CC1c1ccccc1. The van der Waals surface area contributed by atoms with Gasteiger partial charge in [0, 0.05) is 11.6 Å². The van der Waals surface area contributed by atoms with Crippen molar-refractivity contribution in [3.63, 3.8) is 0 Å². The van der Waals surface area contributed by atoms with Crippen molar-refractivity contribution >= 4 is 11.6 Å². The third-order valence-corrected chi connectivity index (χ3v) is 4.22. The maximum atomic E-state index is 13.9. The first-order chi connectivity index (χ1) is 9.58. The molecular formula is C16H14ClF2N. The van der Waals surface area contributed by atoms with Gasteiger partial charge in [0.15, 0.2) is 0 Å². The molecule has 1 fully saturated rings. The molecule has 2 aromatic rings. The smallest absolute Gasteiger partial charge is 0.142 e. The second-order valence-electron chi connectivity index (χ2n) is 5.23. The summed E-state index contributed by atoms with van der Waals surface area (Å²) in [4.78, 5) is 0. The van der Waals surface area contributed by atoms with Gasteiger partial charge in [-0.25, -0.2) is 8.78 Å². The Hall–Kier alpha value is -1.45. The summed E-state index contributed by atoms with van der Waals surface area (Å²) in [6.45, 7) is 0. The van der Waals surface area contributed by atoms with Gasteiger partial charge in [0.05, 0.1) is 5.02 Å². The molecule has 3 unspecified atom stereocenters. The van der Waals surface area contributed by atoms with Crippen molar-refractivity contribution < 1.29 is 8.78 Å². The summed E-state index contributed by atoms with van der Waals surface area (Å²) in [5.41, 5.74) is 7.50. The predicted molar refractivity (Wildman–Crippen MR) is 75.6 cm³/mol. The van der Waals surface area contributed by atoms with Gasteiger partial charge in [-0.1, -0.05) is 41.9 Å². The largest absolute Gasteiger partial charge is 0.324 e. The van der Waals surface area contributed by atoms with Crippen molar-refractivity contribution in [3.05, 3.63) is 70.2 Å². The van der Waals surface area contributed by atoms with E-state index in [0.717, 1.165) is 18.6 Å². The van der Waals surface area contributed by atoms with Gasteiger partial charge in [-0.3, -0.25) is 0 Å². The molecule has 1 aliphatic carbocycles. The number of halogens is 3. The number of hydrogen-bond donors (Lipinski definition) is 1. The molecule has 0 spiro atoms. The summed E-state index contributed by atoms with van der Waals surface area (Å²) in [5.74, 6) is -0.699. The van der Waals surface area contributed by atoms with E-state index in [2.05, 4.69) is 0 Å². The average molecular weight is 294 g/mol. The first-order valence-corrected chi connectivity index (χ1v) is 6.90. The summed E-state index contributed by atoms with van der Waals surface area (Å²) < 4.78 is 27.3. The lowest BCUT2D eigenvalue weighted by Gasteiger charge is -2.14. The average Bonchev–Trinajstić information content (AvgIpc) is 3.23. The standard InChI is InChI=1S/C16H14ClF2N/c17-13-8-14(18)12(7-15(13)19)16(20)11-6-10(11)9-4-2-1-3-5-9/h1-5,7-8,10-11,16H,6,20H2. The second-order valence-corrected chi connectivity index (χ2v) is 5.64. The third-order valence-electron chi connectivity index (χ3n) is 3.93. The minimum absolute atomic E-state index is 0.146. The summed E-state index contributed by atoms with van der Waals surface area (Å²) in [6.07, 6.45) is 0.898. The summed E-state index contributed by atoms with van der Waals surface area (Å²) in [6, 6.07) is 11.6. The number of nitrogens with two attached hydrogens (primary N) is 1. The highest BCUT2D eigenvalue weighted by Crippen LogP contribution is 2.53. The first kappa shape index (κ1) is 13.5. The predicted octanol–water partition coefficient (Wildman–Crippen LogP) is 4.42. The van der Waals surface area contributed by atoms with Crippen LogP contribution in [0.2, 0.25) is 5.02 Å². The van der Waals surface area contributed by atoms with Gasteiger partial charge in [-0.05, 0) is 36.0 Å². The van der Waals surface area contributed by atoms with Crippen molar-refractivity contribution in [2.75, 3.05) is 0 Å². The van der Waals surface area contributed by atoms with Crippen LogP contribution >= 0.6 is 11.6 Å². The molecule has 2 N–H and O–H groups in total. The van der Waals surface area contributed by atoms with Crippen molar-refractivity contribution in [3.8, 4) is 0 Å². The Morgan fingerprint density at radius 3 is 2.50 bits per heavy atom. The Kier molecular flexibility index (Phi) is 3.48. The van der Waals surface area contributed by atoms with E-state index in [4.69, 9.17) is 17.3 Å². The second kappa shape index (κ2) is 5.15. The minimum atomic E-state index is -0.629. The van der Waals surface area contributed by atoms with Crippen molar-refractivity contribution in [1.82, 2.24) is 0 Å². The Labute approximate surface area is 121 Å². The Bertz CT molecular complexity index is 630. The monoisotopic (exact) mass is 293 g/mol. The summed E-state index contributed by atoms with van der Waals surface area (Å²) >= 11 is 5.55. The molecule has 2 aromatic carbocycles. The van der Waals surface area contributed by atoms with E-state index in [1.807, 2.05) is 30.3 Å². The van der Waals surface area contributed by atoms with Crippen LogP contribution in [0, 0.1) is 17.6 Å². The first-order valence-electron chi connectivity index (χ1n) is 6.53. The van der Waals surface area contributed by atoms with Gasteiger partial charge >= 0.3 is 0 Å². The lowest BCUT2D eigenvalue weighted by atomic mass is 9.99. The number of benzene rings is 2. The fourth-order valence-corrected chi connectivity index (χ4v) is 2.87. The quantitative estimate of drug-likeness (QED) is 0.833. The van der Waals surface area contributed by atoms with Gasteiger partial charge in [-0.2, -0.15) is 0 Å². The molecule has 0 bridgehead atoms. The highest BCUT2D eigenvalue weighted by atomic mass is 35.5. The van der Waals surface area contributed by atoms with Crippen LogP contribution in [-0.2, 0) is 0 Å². The fraction of sp³-hybridized carbons (Fsp3) is 0.250. The lowest BCUT2D eigenvalue weighted by Crippen LogP contribution is -2.15.